The van der Waals surface area contributed by atoms with Crippen LogP contribution in [-0.2, 0) is 11.2 Å². The quantitative estimate of drug-likeness (QED) is 0.469. The van der Waals surface area contributed by atoms with E-state index in [0.29, 0.717) is 12.4 Å². The number of rotatable bonds is 6. The van der Waals surface area contributed by atoms with Crippen molar-refractivity contribution in [2.24, 2.45) is 0 Å². The zero-order chi connectivity index (χ0) is 21.1. The Morgan fingerprint density at radius 2 is 2.13 bits per heavy atom. The first-order valence-corrected chi connectivity index (χ1v) is 10.4. The number of nitrogens with two attached hydrogens (primary N) is 1. The summed E-state index contributed by atoms with van der Waals surface area (Å²) in [6.07, 6.45) is 5.35. The average molecular weight is 420 g/mol. The second-order valence-electron chi connectivity index (χ2n) is 7.05. The van der Waals surface area contributed by atoms with E-state index >= 15 is 0 Å². The fourth-order valence-electron chi connectivity index (χ4n) is 3.28. The molecule has 7 heteroatoms. The normalized spacial score (nSPS) is 15.0. The number of para-hydroxylation sites is 1. The van der Waals surface area contributed by atoms with E-state index in [4.69, 9.17) is 10.5 Å². The Labute approximate surface area is 178 Å². The van der Waals surface area contributed by atoms with Gasteiger partial charge in [0.15, 0.2) is 5.78 Å². The van der Waals surface area contributed by atoms with Gasteiger partial charge in [-0.15, -0.1) is 11.3 Å². The Hall–Kier alpha value is -3.45. The standard InChI is InChI=1S/C23H21N3O3S/c1-14(27)19-7-8-20(30-19)18-4-2-3-16-11-17(29-23(16)18)13-26-22(28)10-6-15-5-9-21(24)25-12-15/h2-10,12,17H,11,13H2,1H3,(H2,24,25)(H,26,28). The highest BCUT2D eigenvalue weighted by atomic mass is 32.1. The molecule has 1 atom stereocenters. The summed E-state index contributed by atoms with van der Waals surface area (Å²) in [5.74, 6) is 1.13. The minimum atomic E-state index is -0.198. The van der Waals surface area contributed by atoms with E-state index < -0.39 is 0 Å². The smallest absolute Gasteiger partial charge is 0.244 e. The second kappa shape index (κ2) is 8.51. The number of benzene rings is 1. The number of Topliss-reactive ketones (excluding diaryl/α,β-unsaturated/α-hetero) is 1. The van der Waals surface area contributed by atoms with Crippen molar-refractivity contribution in [1.29, 1.82) is 0 Å². The summed E-state index contributed by atoms with van der Waals surface area (Å²) in [7, 11) is 0. The molecule has 0 bridgehead atoms. The molecule has 0 fully saturated rings. The number of ether oxygens (including phenoxy) is 1. The van der Waals surface area contributed by atoms with Gasteiger partial charge in [0.2, 0.25) is 5.91 Å². The minimum absolute atomic E-state index is 0.0585. The number of pyridine rings is 1. The van der Waals surface area contributed by atoms with Gasteiger partial charge in [-0.25, -0.2) is 4.98 Å². The van der Waals surface area contributed by atoms with Crippen molar-refractivity contribution >= 4 is 34.9 Å². The van der Waals surface area contributed by atoms with Gasteiger partial charge in [0.1, 0.15) is 17.7 Å². The molecule has 0 radical (unpaired) electrons. The van der Waals surface area contributed by atoms with Crippen LogP contribution in [0.25, 0.3) is 16.5 Å². The van der Waals surface area contributed by atoms with E-state index in [1.807, 2.05) is 30.3 Å². The predicted molar refractivity (Wildman–Crippen MR) is 119 cm³/mol. The first kappa shape index (κ1) is 19.8. The molecule has 0 saturated carbocycles. The number of amides is 1. The number of fused-ring (bicyclic) bond motifs is 1. The third kappa shape index (κ3) is 4.41. The maximum Gasteiger partial charge on any atom is 0.244 e. The maximum absolute atomic E-state index is 12.1. The number of hydrogen-bond donors (Lipinski definition) is 2. The van der Waals surface area contributed by atoms with Crippen molar-refractivity contribution in [3.05, 3.63) is 70.7 Å². The number of carbonyl (C=O) groups excluding carboxylic acids is 2. The molecule has 2 aromatic heterocycles. The molecule has 30 heavy (non-hydrogen) atoms. The molecule has 1 unspecified atom stereocenters. The third-order valence-electron chi connectivity index (χ3n) is 4.79. The molecule has 1 aliphatic heterocycles. The SMILES string of the molecule is CC(=O)c1ccc(-c2cccc3c2OC(CNC(=O)C=Cc2ccc(N)nc2)C3)s1. The molecular formula is C23H21N3O3S. The number of nitrogens with zero attached hydrogens (tertiary/aromatic N) is 1. The molecule has 3 aromatic rings. The maximum atomic E-state index is 12.1. The van der Waals surface area contributed by atoms with Crippen molar-refractivity contribution < 1.29 is 14.3 Å². The second-order valence-corrected chi connectivity index (χ2v) is 8.14. The minimum Gasteiger partial charge on any atom is -0.487 e. The fourth-order valence-corrected chi connectivity index (χ4v) is 4.20. The number of carbonyl (C=O) groups is 2. The molecule has 4 rings (SSSR count). The molecule has 1 aliphatic rings. The largest absolute Gasteiger partial charge is 0.487 e. The van der Waals surface area contributed by atoms with Crippen LogP contribution in [0, 0.1) is 0 Å². The fraction of sp³-hybridized carbons (Fsp3) is 0.174. The van der Waals surface area contributed by atoms with Crippen molar-refractivity contribution in [3.63, 3.8) is 0 Å². The van der Waals surface area contributed by atoms with E-state index in [1.165, 1.54) is 17.4 Å². The Morgan fingerprint density at radius 3 is 2.87 bits per heavy atom. The van der Waals surface area contributed by atoms with Gasteiger partial charge in [0, 0.05) is 29.1 Å². The third-order valence-corrected chi connectivity index (χ3v) is 6.01. The first-order valence-electron chi connectivity index (χ1n) is 9.57. The highest BCUT2D eigenvalue weighted by molar-refractivity contribution is 7.17. The van der Waals surface area contributed by atoms with Gasteiger partial charge in [0.25, 0.3) is 0 Å². The molecule has 152 valence electrons. The van der Waals surface area contributed by atoms with Crippen molar-refractivity contribution in [3.8, 4) is 16.2 Å². The highest BCUT2D eigenvalue weighted by Gasteiger charge is 2.26. The zero-order valence-electron chi connectivity index (χ0n) is 16.4. The summed E-state index contributed by atoms with van der Waals surface area (Å²) in [6.45, 7) is 1.97. The predicted octanol–water partition coefficient (Wildman–Crippen LogP) is 3.73. The number of nitrogens with one attached hydrogen (secondary N) is 1. The molecule has 3 heterocycles. The lowest BCUT2D eigenvalue weighted by Crippen LogP contribution is -2.33. The number of anilines is 1. The Morgan fingerprint density at radius 1 is 1.27 bits per heavy atom. The topological polar surface area (TPSA) is 94.3 Å². The summed E-state index contributed by atoms with van der Waals surface area (Å²) < 4.78 is 6.15. The molecule has 0 aliphatic carbocycles. The van der Waals surface area contributed by atoms with Gasteiger partial charge in [-0.05, 0) is 54.5 Å². The molecular weight excluding hydrogens is 398 g/mol. The van der Waals surface area contributed by atoms with Gasteiger partial charge in [0.05, 0.1) is 11.4 Å². The number of hydrogen-bond acceptors (Lipinski definition) is 6. The average Bonchev–Trinajstić information content (AvgIpc) is 3.38. The molecule has 0 saturated heterocycles. The molecule has 1 aromatic carbocycles. The van der Waals surface area contributed by atoms with Crippen LogP contribution in [0.15, 0.2) is 54.7 Å². The lowest BCUT2D eigenvalue weighted by molar-refractivity contribution is -0.116. The van der Waals surface area contributed by atoms with Gasteiger partial charge in [-0.1, -0.05) is 12.1 Å². The lowest BCUT2D eigenvalue weighted by atomic mass is 10.1. The molecule has 6 nitrogen and oxygen atoms in total. The van der Waals surface area contributed by atoms with Crippen molar-refractivity contribution in [1.82, 2.24) is 10.3 Å². The summed E-state index contributed by atoms with van der Waals surface area (Å²) in [6, 6.07) is 13.3. The van der Waals surface area contributed by atoms with Crippen molar-refractivity contribution in [2.45, 2.75) is 19.4 Å². The number of nitrogen functional groups attached to an aromatic ring is 1. The zero-order valence-corrected chi connectivity index (χ0v) is 17.2. The number of thiophene rings is 1. The highest BCUT2D eigenvalue weighted by Crippen LogP contribution is 2.41. The molecule has 3 N–H and O–H groups in total. The van der Waals surface area contributed by atoms with Crippen LogP contribution in [0.1, 0.15) is 27.7 Å². The van der Waals surface area contributed by atoms with E-state index in [-0.39, 0.29) is 17.8 Å². The Bertz CT molecular complexity index is 1120. The van der Waals surface area contributed by atoms with Crippen LogP contribution in [0.3, 0.4) is 0 Å². The van der Waals surface area contributed by atoms with Gasteiger partial charge in [-0.2, -0.15) is 0 Å². The summed E-state index contributed by atoms with van der Waals surface area (Å²) in [5, 5.41) is 2.88. The van der Waals surface area contributed by atoms with E-state index in [1.54, 1.807) is 31.3 Å². The number of aromatic nitrogens is 1. The molecule has 0 spiro atoms. The van der Waals surface area contributed by atoms with Crippen molar-refractivity contribution in [2.75, 3.05) is 12.3 Å². The first-order chi connectivity index (χ1) is 14.5. The van der Waals surface area contributed by atoms with E-state index in [0.717, 1.165) is 38.6 Å². The Kier molecular flexibility index (Phi) is 5.63. The summed E-state index contributed by atoms with van der Waals surface area (Å²) in [5.41, 5.74) is 8.44. The van der Waals surface area contributed by atoms with Gasteiger partial charge >= 0.3 is 0 Å². The monoisotopic (exact) mass is 419 g/mol. The van der Waals surface area contributed by atoms with Crippen LogP contribution in [0.2, 0.25) is 0 Å². The molecule has 1 amide bonds. The van der Waals surface area contributed by atoms with Crippen LogP contribution in [0.4, 0.5) is 5.82 Å². The van der Waals surface area contributed by atoms with E-state index in [9.17, 15) is 9.59 Å². The van der Waals surface area contributed by atoms with Crippen LogP contribution in [0.5, 0.6) is 5.75 Å². The summed E-state index contributed by atoms with van der Waals surface area (Å²) in [4.78, 5) is 29.5. The lowest BCUT2D eigenvalue weighted by Gasteiger charge is -2.12. The van der Waals surface area contributed by atoms with Gasteiger partial charge < -0.3 is 15.8 Å². The van der Waals surface area contributed by atoms with Crippen LogP contribution in [-0.4, -0.2) is 29.3 Å². The van der Waals surface area contributed by atoms with Crippen LogP contribution < -0.4 is 15.8 Å². The van der Waals surface area contributed by atoms with Crippen LogP contribution >= 0.6 is 11.3 Å². The van der Waals surface area contributed by atoms with E-state index in [2.05, 4.69) is 10.3 Å². The number of ketones is 1. The summed E-state index contributed by atoms with van der Waals surface area (Å²) >= 11 is 1.46. The Balaban J connectivity index is 1.38. The van der Waals surface area contributed by atoms with Gasteiger partial charge in [-0.3, -0.25) is 9.59 Å².